The van der Waals surface area contributed by atoms with E-state index >= 15 is 0 Å². The summed E-state index contributed by atoms with van der Waals surface area (Å²) in [6.07, 6.45) is 3.76. The lowest BCUT2D eigenvalue weighted by molar-refractivity contribution is 0.768. The molecule has 5 nitrogen and oxygen atoms in total. The van der Waals surface area contributed by atoms with Crippen LogP contribution in [0.4, 0.5) is 5.82 Å². The first-order valence-corrected chi connectivity index (χ1v) is 6.93. The molecule has 2 aromatic heterocycles. The number of anilines is 1. The first-order chi connectivity index (χ1) is 10.3. The van der Waals surface area contributed by atoms with E-state index in [1.807, 2.05) is 62.8 Å². The number of nitrogens with one attached hydrogen (secondary N) is 1. The number of rotatable bonds is 4. The fourth-order valence-corrected chi connectivity index (χ4v) is 2.14. The average molecular weight is 279 g/mol. The minimum Gasteiger partial charge on any atom is -0.370 e. The second-order valence-corrected chi connectivity index (χ2v) is 4.76. The molecule has 3 rings (SSSR count). The maximum absolute atomic E-state index is 4.67. The van der Waals surface area contributed by atoms with E-state index in [1.165, 1.54) is 0 Å². The third-order valence-corrected chi connectivity index (χ3v) is 3.12. The molecule has 0 atom stereocenters. The monoisotopic (exact) mass is 279 g/mol. The van der Waals surface area contributed by atoms with Gasteiger partial charge in [0.15, 0.2) is 5.82 Å². The van der Waals surface area contributed by atoms with Crippen LogP contribution < -0.4 is 5.32 Å². The molecule has 0 aliphatic heterocycles. The lowest BCUT2D eigenvalue weighted by Gasteiger charge is -2.08. The van der Waals surface area contributed by atoms with Crippen LogP contribution in [-0.4, -0.2) is 26.3 Å². The molecule has 106 valence electrons. The highest BCUT2D eigenvalue weighted by Crippen LogP contribution is 2.23. The Balaban J connectivity index is 2.10. The zero-order valence-electron chi connectivity index (χ0n) is 12.1. The molecular formula is C16H17N5. The fourth-order valence-electron chi connectivity index (χ4n) is 2.14. The van der Waals surface area contributed by atoms with Crippen molar-refractivity contribution in [2.45, 2.75) is 6.92 Å². The molecule has 0 radical (unpaired) electrons. The molecule has 1 N–H and O–H groups in total. The van der Waals surface area contributed by atoms with Crippen LogP contribution in [-0.2, 0) is 7.05 Å². The normalized spacial score (nSPS) is 10.6. The Morgan fingerprint density at radius 1 is 1.10 bits per heavy atom. The van der Waals surface area contributed by atoms with Crippen molar-refractivity contribution in [1.82, 2.24) is 19.7 Å². The van der Waals surface area contributed by atoms with Gasteiger partial charge in [-0.15, -0.1) is 0 Å². The highest BCUT2D eigenvalue weighted by atomic mass is 15.2. The van der Waals surface area contributed by atoms with Gasteiger partial charge in [0.05, 0.1) is 11.9 Å². The summed E-state index contributed by atoms with van der Waals surface area (Å²) in [5.74, 6) is 1.54. The van der Waals surface area contributed by atoms with E-state index < -0.39 is 0 Å². The number of nitrogens with zero attached hydrogens (tertiary/aromatic N) is 4. The summed E-state index contributed by atoms with van der Waals surface area (Å²) in [5.41, 5.74) is 2.85. The first kappa shape index (κ1) is 13.3. The van der Waals surface area contributed by atoms with Crippen LogP contribution in [0.5, 0.6) is 0 Å². The van der Waals surface area contributed by atoms with Crippen LogP contribution in [0, 0.1) is 0 Å². The summed E-state index contributed by atoms with van der Waals surface area (Å²) in [4.78, 5) is 9.24. The number of hydrogen-bond donors (Lipinski definition) is 1. The molecule has 0 aliphatic carbocycles. The van der Waals surface area contributed by atoms with Crippen molar-refractivity contribution in [2.75, 3.05) is 11.9 Å². The van der Waals surface area contributed by atoms with Crippen molar-refractivity contribution in [3.8, 4) is 22.6 Å². The van der Waals surface area contributed by atoms with Crippen molar-refractivity contribution < 1.29 is 0 Å². The molecular weight excluding hydrogens is 262 g/mol. The van der Waals surface area contributed by atoms with Crippen LogP contribution in [0.15, 0.2) is 48.8 Å². The molecule has 21 heavy (non-hydrogen) atoms. The summed E-state index contributed by atoms with van der Waals surface area (Å²) < 4.78 is 1.77. The van der Waals surface area contributed by atoms with Crippen LogP contribution in [0.3, 0.4) is 0 Å². The predicted molar refractivity (Wildman–Crippen MR) is 83.8 cm³/mol. The van der Waals surface area contributed by atoms with Gasteiger partial charge in [-0.25, -0.2) is 9.97 Å². The maximum Gasteiger partial charge on any atom is 0.162 e. The van der Waals surface area contributed by atoms with Crippen molar-refractivity contribution in [1.29, 1.82) is 0 Å². The maximum atomic E-state index is 4.67. The Hall–Kier alpha value is -2.69. The molecule has 3 aromatic rings. The Morgan fingerprint density at radius 3 is 2.57 bits per heavy atom. The van der Waals surface area contributed by atoms with Crippen molar-refractivity contribution in [3.05, 3.63) is 48.8 Å². The summed E-state index contributed by atoms with van der Waals surface area (Å²) in [7, 11) is 1.90. The standard InChI is InChI=1S/C16H17N5/c1-3-17-15-9-14(13-10-18-21(2)11-13)19-16(20-15)12-7-5-4-6-8-12/h4-11H,3H2,1-2H3,(H,17,19,20). The molecule has 0 aliphatic rings. The topological polar surface area (TPSA) is 55.6 Å². The van der Waals surface area contributed by atoms with Crippen LogP contribution in [0.25, 0.3) is 22.6 Å². The number of benzene rings is 1. The van der Waals surface area contributed by atoms with Gasteiger partial charge in [0.1, 0.15) is 5.82 Å². The molecule has 1 aromatic carbocycles. The number of hydrogen-bond acceptors (Lipinski definition) is 4. The van der Waals surface area contributed by atoms with Gasteiger partial charge in [-0.05, 0) is 6.92 Å². The van der Waals surface area contributed by atoms with Gasteiger partial charge in [-0.1, -0.05) is 30.3 Å². The molecule has 0 bridgehead atoms. The van der Waals surface area contributed by atoms with Crippen molar-refractivity contribution in [2.24, 2.45) is 7.05 Å². The minimum atomic E-state index is 0.716. The van der Waals surface area contributed by atoms with Gasteiger partial charge in [-0.3, -0.25) is 4.68 Å². The van der Waals surface area contributed by atoms with Crippen LogP contribution >= 0.6 is 0 Å². The lowest BCUT2D eigenvalue weighted by atomic mass is 10.2. The summed E-state index contributed by atoms with van der Waals surface area (Å²) >= 11 is 0. The second kappa shape index (κ2) is 5.75. The molecule has 2 heterocycles. The third kappa shape index (κ3) is 2.91. The molecule has 0 spiro atoms. The first-order valence-electron chi connectivity index (χ1n) is 6.93. The van der Waals surface area contributed by atoms with Gasteiger partial charge < -0.3 is 5.32 Å². The highest BCUT2D eigenvalue weighted by Gasteiger charge is 2.09. The molecule has 0 saturated carbocycles. The second-order valence-electron chi connectivity index (χ2n) is 4.76. The van der Waals surface area contributed by atoms with Gasteiger partial charge in [0, 0.05) is 37.0 Å². The van der Waals surface area contributed by atoms with E-state index in [4.69, 9.17) is 0 Å². The highest BCUT2D eigenvalue weighted by molar-refractivity contribution is 5.66. The minimum absolute atomic E-state index is 0.716. The van der Waals surface area contributed by atoms with Gasteiger partial charge in [0.25, 0.3) is 0 Å². The Morgan fingerprint density at radius 2 is 1.90 bits per heavy atom. The van der Waals surface area contributed by atoms with E-state index in [1.54, 1.807) is 4.68 Å². The van der Waals surface area contributed by atoms with Crippen molar-refractivity contribution >= 4 is 5.82 Å². The molecule has 5 heteroatoms. The third-order valence-electron chi connectivity index (χ3n) is 3.12. The average Bonchev–Trinajstić information content (AvgIpc) is 2.95. The number of aryl methyl sites for hydroxylation is 1. The van der Waals surface area contributed by atoms with Gasteiger partial charge in [0.2, 0.25) is 0 Å². The number of aromatic nitrogens is 4. The zero-order valence-corrected chi connectivity index (χ0v) is 12.1. The van der Waals surface area contributed by atoms with Gasteiger partial charge in [-0.2, -0.15) is 5.10 Å². The van der Waals surface area contributed by atoms with E-state index in [2.05, 4.69) is 20.4 Å². The largest absolute Gasteiger partial charge is 0.370 e. The Kier molecular flexibility index (Phi) is 3.64. The van der Waals surface area contributed by atoms with E-state index in [0.29, 0.717) is 5.82 Å². The van der Waals surface area contributed by atoms with Gasteiger partial charge >= 0.3 is 0 Å². The van der Waals surface area contributed by atoms with E-state index in [9.17, 15) is 0 Å². The smallest absolute Gasteiger partial charge is 0.162 e. The summed E-state index contributed by atoms with van der Waals surface area (Å²) in [5, 5.41) is 7.46. The summed E-state index contributed by atoms with van der Waals surface area (Å²) in [6.45, 7) is 2.87. The zero-order chi connectivity index (χ0) is 14.7. The predicted octanol–water partition coefficient (Wildman–Crippen LogP) is 2.98. The quantitative estimate of drug-likeness (QED) is 0.797. The molecule has 0 fully saturated rings. The van der Waals surface area contributed by atoms with Crippen LogP contribution in [0.2, 0.25) is 0 Å². The molecule has 0 unspecified atom stereocenters. The van der Waals surface area contributed by atoms with E-state index in [0.717, 1.165) is 29.2 Å². The lowest BCUT2D eigenvalue weighted by Crippen LogP contribution is -2.02. The van der Waals surface area contributed by atoms with E-state index in [-0.39, 0.29) is 0 Å². The molecule has 0 saturated heterocycles. The fraction of sp³-hybridized carbons (Fsp3) is 0.188. The van der Waals surface area contributed by atoms with Crippen LogP contribution in [0.1, 0.15) is 6.92 Å². The Bertz CT molecular complexity index is 733. The Labute approximate surface area is 123 Å². The molecule has 0 amide bonds. The van der Waals surface area contributed by atoms with Crippen molar-refractivity contribution in [3.63, 3.8) is 0 Å². The SMILES string of the molecule is CCNc1cc(-c2cnn(C)c2)nc(-c2ccccc2)n1. The summed E-state index contributed by atoms with van der Waals surface area (Å²) in [6, 6.07) is 11.9.